The normalized spacial score (nSPS) is 17.4. The molecule has 1 aliphatic carbocycles. The zero-order valence-electron chi connectivity index (χ0n) is 7.62. The van der Waals surface area contributed by atoms with E-state index in [4.69, 9.17) is 5.73 Å². The monoisotopic (exact) mass is 181 g/mol. The first kappa shape index (κ1) is 9.77. The first-order chi connectivity index (χ1) is 6.29. The molecule has 0 aromatic heterocycles. The van der Waals surface area contributed by atoms with E-state index in [1.807, 2.05) is 6.08 Å². The van der Waals surface area contributed by atoms with E-state index in [0.717, 1.165) is 12.8 Å². The van der Waals surface area contributed by atoms with Gasteiger partial charge in [0, 0.05) is 6.21 Å². The van der Waals surface area contributed by atoms with Crippen molar-refractivity contribution in [3.8, 4) is 0 Å². The molecule has 13 heavy (non-hydrogen) atoms. The zero-order chi connectivity index (χ0) is 9.52. The molecule has 1 saturated carbocycles. The van der Waals surface area contributed by atoms with Crippen molar-refractivity contribution >= 4 is 12.2 Å². The predicted molar refractivity (Wildman–Crippen MR) is 52.4 cm³/mol. The van der Waals surface area contributed by atoms with Crippen LogP contribution in [0.25, 0.3) is 0 Å². The number of primary amides is 1. The lowest BCUT2D eigenvalue weighted by molar-refractivity contribution is 0.249. The maximum absolute atomic E-state index is 10.2. The third-order valence-corrected chi connectivity index (χ3v) is 2.06. The molecule has 0 atom stereocenters. The molecule has 0 unspecified atom stereocenters. The Bertz CT molecular complexity index is 225. The number of urea groups is 1. The van der Waals surface area contributed by atoms with Gasteiger partial charge in [-0.25, -0.2) is 10.2 Å². The second kappa shape index (κ2) is 5.35. The Morgan fingerprint density at radius 1 is 1.38 bits per heavy atom. The highest BCUT2D eigenvalue weighted by Crippen LogP contribution is 2.21. The number of allylic oxidation sites excluding steroid dienone is 2. The van der Waals surface area contributed by atoms with Gasteiger partial charge < -0.3 is 5.73 Å². The summed E-state index contributed by atoms with van der Waals surface area (Å²) in [5, 5.41) is 3.64. The summed E-state index contributed by atoms with van der Waals surface area (Å²) in [6.07, 6.45) is 9.71. The maximum atomic E-state index is 10.2. The number of amides is 2. The summed E-state index contributed by atoms with van der Waals surface area (Å²) >= 11 is 0. The van der Waals surface area contributed by atoms with E-state index in [9.17, 15) is 4.79 Å². The molecule has 72 valence electrons. The molecule has 0 bridgehead atoms. The van der Waals surface area contributed by atoms with Crippen LogP contribution in [0.15, 0.2) is 16.8 Å². The number of carbonyl (C=O) groups is 1. The van der Waals surface area contributed by atoms with Crippen LogP contribution in [0.3, 0.4) is 0 Å². The second-order valence-electron chi connectivity index (χ2n) is 3.14. The lowest BCUT2D eigenvalue weighted by atomic mass is 9.95. The van der Waals surface area contributed by atoms with E-state index in [1.54, 1.807) is 6.21 Å². The molecular weight excluding hydrogens is 166 g/mol. The van der Waals surface area contributed by atoms with E-state index in [-0.39, 0.29) is 0 Å². The summed E-state index contributed by atoms with van der Waals surface area (Å²) in [5.74, 6) is 0. The summed E-state index contributed by atoms with van der Waals surface area (Å²) in [7, 11) is 0. The SMILES string of the molecule is NC(=O)N/N=C/C=C1CCCCC1. The van der Waals surface area contributed by atoms with Gasteiger partial charge in [-0.15, -0.1) is 0 Å². The smallest absolute Gasteiger partial charge is 0.332 e. The van der Waals surface area contributed by atoms with Crippen LogP contribution >= 0.6 is 0 Å². The summed E-state index contributed by atoms with van der Waals surface area (Å²) in [6.45, 7) is 0. The van der Waals surface area contributed by atoms with Crippen LogP contribution in [0, 0.1) is 0 Å². The van der Waals surface area contributed by atoms with Crippen molar-refractivity contribution in [3.63, 3.8) is 0 Å². The molecule has 2 amide bonds. The van der Waals surface area contributed by atoms with Gasteiger partial charge in [-0.05, 0) is 31.8 Å². The number of nitrogens with one attached hydrogen (secondary N) is 1. The molecular formula is C9H15N3O. The number of hydrogen-bond donors (Lipinski definition) is 2. The molecule has 3 N–H and O–H groups in total. The largest absolute Gasteiger partial charge is 0.350 e. The van der Waals surface area contributed by atoms with Gasteiger partial charge in [0.2, 0.25) is 0 Å². The van der Waals surface area contributed by atoms with Gasteiger partial charge in [-0.3, -0.25) is 0 Å². The van der Waals surface area contributed by atoms with E-state index in [1.165, 1.54) is 24.8 Å². The quantitative estimate of drug-likeness (QED) is 0.492. The highest BCUT2D eigenvalue weighted by Gasteiger charge is 2.03. The fourth-order valence-electron chi connectivity index (χ4n) is 1.42. The fraction of sp³-hybridized carbons (Fsp3) is 0.556. The minimum absolute atomic E-state index is 0.627. The Kier molecular flexibility index (Phi) is 4.02. The topological polar surface area (TPSA) is 67.5 Å². The average Bonchev–Trinajstić information content (AvgIpc) is 2.14. The van der Waals surface area contributed by atoms with Gasteiger partial charge in [0.15, 0.2) is 0 Å². The summed E-state index contributed by atoms with van der Waals surface area (Å²) in [4.78, 5) is 10.2. The Hall–Kier alpha value is -1.32. The van der Waals surface area contributed by atoms with Crippen molar-refractivity contribution in [2.24, 2.45) is 10.8 Å². The van der Waals surface area contributed by atoms with Crippen molar-refractivity contribution in [1.82, 2.24) is 5.43 Å². The number of hydrazone groups is 1. The van der Waals surface area contributed by atoms with Crippen LogP contribution in [0.1, 0.15) is 32.1 Å². The molecule has 0 aromatic carbocycles. The standard InChI is InChI=1S/C9H15N3O/c10-9(13)12-11-7-6-8-4-2-1-3-5-8/h6-7H,1-5H2,(H3,10,12,13)/b11-7+. The molecule has 0 spiro atoms. The third-order valence-electron chi connectivity index (χ3n) is 2.06. The molecule has 1 rings (SSSR count). The van der Waals surface area contributed by atoms with Crippen LogP contribution in [0.2, 0.25) is 0 Å². The first-order valence-corrected chi connectivity index (χ1v) is 4.55. The van der Waals surface area contributed by atoms with Crippen molar-refractivity contribution in [2.75, 3.05) is 0 Å². The minimum Gasteiger partial charge on any atom is -0.350 e. The Morgan fingerprint density at radius 3 is 2.69 bits per heavy atom. The van der Waals surface area contributed by atoms with E-state index in [0.29, 0.717) is 0 Å². The van der Waals surface area contributed by atoms with Gasteiger partial charge in [0.1, 0.15) is 0 Å². The summed E-state index contributed by atoms with van der Waals surface area (Å²) in [6, 6.07) is -0.627. The van der Waals surface area contributed by atoms with E-state index >= 15 is 0 Å². The highest BCUT2D eigenvalue weighted by molar-refractivity contribution is 5.76. The summed E-state index contributed by atoms with van der Waals surface area (Å²) < 4.78 is 0. The first-order valence-electron chi connectivity index (χ1n) is 4.55. The Morgan fingerprint density at radius 2 is 2.08 bits per heavy atom. The van der Waals surface area contributed by atoms with Crippen molar-refractivity contribution in [3.05, 3.63) is 11.6 Å². The van der Waals surface area contributed by atoms with Crippen LogP contribution < -0.4 is 11.2 Å². The van der Waals surface area contributed by atoms with Crippen molar-refractivity contribution < 1.29 is 4.79 Å². The molecule has 1 fully saturated rings. The van der Waals surface area contributed by atoms with Gasteiger partial charge in [-0.1, -0.05) is 12.0 Å². The van der Waals surface area contributed by atoms with Crippen LogP contribution in [-0.4, -0.2) is 12.2 Å². The van der Waals surface area contributed by atoms with Crippen LogP contribution in [0.4, 0.5) is 4.79 Å². The van der Waals surface area contributed by atoms with E-state index in [2.05, 4.69) is 10.5 Å². The molecule has 1 aliphatic rings. The number of nitrogens with two attached hydrogens (primary N) is 1. The minimum atomic E-state index is -0.627. The molecule has 0 aliphatic heterocycles. The zero-order valence-corrected chi connectivity index (χ0v) is 7.62. The van der Waals surface area contributed by atoms with E-state index < -0.39 is 6.03 Å². The average molecular weight is 181 g/mol. The van der Waals surface area contributed by atoms with Gasteiger partial charge in [0.25, 0.3) is 0 Å². The number of nitrogens with zero attached hydrogens (tertiary/aromatic N) is 1. The van der Waals surface area contributed by atoms with Crippen molar-refractivity contribution in [1.29, 1.82) is 0 Å². The Labute approximate surface area is 77.9 Å². The molecule has 0 aromatic rings. The molecule has 0 heterocycles. The third kappa shape index (κ3) is 4.30. The van der Waals surface area contributed by atoms with Crippen molar-refractivity contribution in [2.45, 2.75) is 32.1 Å². The molecule has 0 saturated heterocycles. The molecule has 4 heteroatoms. The Balaban J connectivity index is 2.28. The van der Waals surface area contributed by atoms with Crippen LogP contribution in [-0.2, 0) is 0 Å². The maximum Gasteiger partial charge on any atom is 0.332 e. The lowest BCUT2D eigenvalue weighted by Gasteiger charge is -2.11. The lowest BCUT2D eigenvalue weighted by Crippen LogP contribution is -2.24. The second-order valence-corrected chi connectivity index (χ2v) is 3.14. The fourth-order valence-corrected chi connectivity index (χ4v) is 1.42. The van der Waals surface area contributed by atoms with Gasteiger partial charge in [0.05, 0.1) is 0 Å². The molecule has 0 radical (unpaired) electrons. The highest BCUT2D eigenvalue weighted by atomic mass is 16.2. The van der Waals surface area contributed by atoms with Gasteiger partial charge >= 0.3 is 6.03 Å². The van der Waals surface area contributed by atoms with Crippen LogP contribution in [0.5, 0.6) is 0 Å². The summed E-state index contributed by atoms with van der Waals surface area (Å²) in [5.41, 5.74) is 8.38. The number of rotatable bonds is 2. The van der Waals surface area contributed by atoms with Gasteiger partial charge in [-0.2, -0.15) is 5.10 Å². The predicted octanol–water partition coefficient (Wildman–Crippen LogP) is 1.53. The molecule has 4 nitrogen and oxygen atoms in total. The number of carbonyl (C=O) groups excluding carboxylic acids is 1. The number of hydrogen-bond acceptors (Lipinski definition) is 2.